The van der Waals surface area contributed by atoms with Crippen LogP contribution in [-0.2, 0) is 17.8 Å². The van der Waals surface area contributed by atoms with E-state index in [9.17, 15) is 22.8 Å². The van der Waals surface area contributed by atoms with Crippen molar-refractivity contribution in [3.05, 3.63) is 47.2 Å². The first kappa shape index (κ1) is 25.3. The van der Waals surface area contributed by atoms with Crippen molar-refractivity contribution >= 4 is 11.8 Å². The number of rotatable bonds is 5. The highest BCUT2D eigenvalue weighted by Crippen LogP contribution is 2.38. The number of benzene rings is 1. The first-order valence-electron chi connectivity index (χ1n) is 13.4. The van der Waals surface area contributed by atoms with Crippen LogP contribution in [0.5, 0.6) is 0 Å². The maximum atomic E-state index is 13.0. The van der Waals surface area contributed by atoms with Crippen LogP contribution in [0.25, 0.3) is 0 Å². The van der Waals surface area contributed by atoms with E-state index < -0.39 is 18.1 Å². The van der Waals surface area contributed by atoms with Crippen molar-refractivity contribution in [2.45, 2.75) is 101 Å². The molecular formula is C28H36F3N3O2. The van der Waals surface area contributed by atoms with Gasteiger partial charge in [-0.15, -0.1) is 0 Å². The summed E-state index contributed by atoms with van der Waals surface area (Å²) in [6.45, 7) is 4.27. The molecule has 5 nitrogen and oxygen atoms in total. The average molecular weight is 504 g/mol. The number of carbonyl (C=O) groups is 2. The van der Waals surface area contributed by atoms with Crippen molar-refractivity contribution in [2.24, 2.45) is 11.8 Å². The fourth-order valence-electron chi connectivity index (χ4n) is 6.70. The van der Waals surface area contributed by atoms with E-state index in [2.05, 4.69) is 23.3 Å². The largest absolute Gasteiger partial charge is 0.391 e. The fraction of sp³-hybridized carbons (Fsp3) is 0.643. The van der Waals surface area contributed by atoms with Gasteiger partial charge in [-0.2, -0.15) is 13.2 Å². The first-order valence-corrected chi connectivity index (χ1v) is 13.4. The number of amides is 2. The molecule has 1 unspecified atom stereocenters. The second-order valence-corrected chi connectivity index (χ2v) is 11.2. The molecule has 1 aromatic carbocycles. The molecular weight excluding hydrogens is 467 g/mol. The molecule has 8 heteroatoms. The fourth-order valence-corrected chi connectivity index (χ4v) is 6.70. The van der Waals surface area contributed by atoms with Gasteiger partial charge in [0, 0.05) is 29.9 Å². The third-order valence-electron chi connectivity index (χ3n) is 8.75. The predicted octanol–water partition coefficient (Wildman–Crippen LogP) is 5.25. The number of hydrogen-bond acceptors (Lipinski definition) is 3. The molecule has 2 aliphatic heterocycles. The summed E-state index contributed by atoms with van der Waals surface area (Å²) in [5.74, 6) is -0.964. The minimum atomic E-state index is -4.07. The number of alkyl halides is 3. The average Bonchev–Trinajstić information content (AvgIpc) is 3.15. The van der Waals surface area contributed by atoms with Crippen LogP contribution < -0.4 is 10.6 Å². The van der Waals surface area contributed by atoms with E-state index in [0.29, 0.717) is 55.4 Å². The Kier molecular flexibility index (Phi) is 7.16. The molecule has 196 valence electrons. The van der Waals surface area contributed by atoms with Gasteiger partial charge < -0.3 is 15.5 Å². The number of piperidine rings is 1. The Hall–Kier alpha value is -2.35. The number of hydrogen-bond donors (Lipinski definition) is 2. The lowest BCUT2D eigenvalue weighted by molar-refractivity contribution is -0.182. The van der Waals surface area contributed by atoms with E-state index in [4.69, 9.17) is 0 Å². The van der Waals surface area contributed by atoms with Crippen molar-refractivity contribution in [1.82, 2.24) is 15.5 Å². The van der Waals surface area contributed by atoms with Crippen molar-refractivity contribution in [3.63, 3.8) is 0 Å². The Morgan fingerprint density at radius 3 is 2.50 bits per heavy atom. The quantitative estimate of drug-likeness (QED) is 0.577. The Bertz CT molecular complexity index is 1020. The van der Waals surface area contributed by atoms with Crippen LogP contribution >= 0.6 is 0 Å². The van der Waals surface area contributed by atoms with E-state index in [0.717, 1.165) is 31.2 Å². The van der Waals surface area contributed by atoms with Crippen molar-refractivity contribution in [3.8, 4) is 0 Å². The Morgan fingerprint density at radius 2 is 1.78 bits per heavy atom. The monoisotopic (exact) mass is 503 g/mol. The molecule has 4 aliphatic rings. The summed E-state index contributed by atoms with van der Waals surface area (Å²) >= 11 is 0. The van der Waals surface area contributed by atoms with E-state index >= 15 is 0 Å². The van der Waals surface area contributed by atoms with Gasteiger partial charge in [-0.05, 0) is 80.9 Å². The molecule has 2 saturated carbocycles. The third kappa shape index (κ3) is 5.34. The van der Waals surface area contributed by atoms with Gasteiger partial charge in [0.05, 0.1) is 5.92 Å². The van der Waals surface area contributed by atoms with Gasteiger partial charge in [-0.1, -0.05) is 31.6 Å². The van der Waals surface area contributed by atoms with Gasteiger partial charge in [0.15, 0.2) is 0 Å². The molecule has 2 amide bonds. The highest BCUT2D eigenvalue weighted by Gasteiger charge is 2.42. The minimum Gasteiger partial charge on any atom is -0.329 e. The van der Waals surface area contributed by atoms with Gasteiger partial charge in [0.1, 0.15) is 6.04 Å². The molecule has 0 bridgehead atoms. The molecule has 1 saturated heterocycles. The van der Waals surface area contributed by atoms with Crippen LogP contribution in [0, 0.1) is 11.8 Å². The lowest BCUT2D eigenvalue weighted by atomic mass is 9.78. The molecule has 1 aromatic rings. The summed E-state index contributed by atoms with van der Waals surface area (Å²) in [7, 11) is 0. The number of nitrogens with zero attached hydrogens (tertiary/aromatic N) is 1. The van der Waals surface area contributed by atoms with E-state index in [1.54, 1.807) is 4.90 Å². The van der Waals surface area contributed by atoms with Crippen LogP contribution in [0.2, 0.25) is 0 Å². The molecule has 0 spiro atoms. The zero-order chi connectivity index (χ0) is 25.4. The summed E-state index contributed by atoms with van der Waals surface area (Å²) in [6.07, 6.45) is 4.19. The SMILES string of the molecule is C=C1CCC(N2Cc3cc(C[C@H]4CCCC[C@@H]4N[C@H]4CC[C@@H](C(F)(F)F)CC4)ccc3C2=O)C(=O)N1. The summed E-state index contributed by atoms with van der Waals surface area (Å²) in [4.78, 5) is 27.2. The molecule has 36 heavy (non-hydrogen) atoms. The number of carbonyl (C=O) groups excluding carboxylic acids is 2. The molecule has 2 aliphatic carbocycles. The summed E-state index contributed by atoms with van der Waals surface area (Å²) in [5.41, 5.74) is 3.53. The van der Waals surface area contributed by atoms with E-state index in [-0.39, 0.29) is 30.7 Å². The zero-order valence-corrected chi connectivity index (χ0v) is 20.7. The minimum absolute atomic E-state index is 0.0871. The maximum Gasteiger partial charge on any atom is 0.391 e. The van der Waals surface area contributed by atoms with Crippen molar-refractivity contribution in [1.29, 1.82) is 0 Å². The van der Waals surface area contributed by atoms with Gasteiger partial charge in [-0.3, -0.25) is 9.59 Å². The van der Waals surface area contributed by atoms with Crippen LogP contribution in [0.1, 0.15) is 85.7 Å². The predicted molar refractivity (Wildman–Crippen MR) is 131 cm³/mol. The molecule has 0 radical (unpaired) electrons. The van der Waals surface area contributed by atoms with Crippen molar-refractivity contribution in [2.75, 3.05) is 0 Å². The molecule has 5 rings (SSSR count). The van der Waals surface area contributed by atoms with Gasteiger partial charge >= 0.3 is 6.18 Å². The maximum absolute atomic E-state index is 13.0. The standard InChI is InChI=1S/C28H36F3N3O2/c1-17-6-13-25(26(35)32-17)34-16-20-15-18(7-12-23(20)27(34)36)14-19-4-2-3-5-24(19)33-22-10-8-21(9-11-22)28(29,30)31/h7,12,15,19,21-22,24-25,33H,1-6,8-11,13-14,16H2,(H,32,35)/t19-,21-,22+,24+,25?/m1/s1. The lowest BCUT2D eigenvalue weighted by Crippen LogP contribution is -2.49. The number of halogens is 3. The molecule has 3 atom stereocenters. The highest BCUT2D eigenvalue weighted by molar-refractivity contribution is 6.01. The number of allylic oxidation sites excluding steroid dienone is 1. The first-order chi connectivity index (χ1) is 17.2. The van der Waals surface area contributed by atoms with Crippen LogP contribution in [0.15, 0.2) is 30.5 Å². The Labute approximate surface area is 210 Å². The van der Waals surface area contributed by atoms with Crippen LogP contribution in [-0.4, -0.2) is 41.0 Å². The molecule has 2 heterocycles. The summed E-state index contributed by atoms with van der Waals surface area (Å²) < 4.78 is 39.1. The summed E-state index contributed by atoms with van der Waals surface area (Å²) in [5, 5.41) is 6.51. The molecule has 2 N–H and O–H groups in total. The molecule has 3 fully saturated rings. The third-order valence-corrected chi connectivity index (χ3v) is 8.75. The lowest BCUT2D eigenvalue weighted by Gasteiger charge is -2.38. The van der Waals surface area contributed by atoms with Crippen LogP contribution in [0.3, 0.4) is 0 Å². The second-order valence-electron chi connectivity index (χ2n) is 11.2. The highest BCUT2D eigenvalue weighted by atomic mass is 19.4. The van der Waals surface area contributed by atoms with Crippen molar-refractivity contribution < 1.29 is 22.8 Å². The van der Waals surface area contributed by atoms with Crippen LogP contribution in [0.4, 0.5) is 13.2 Å². The van der Waals surface area contributed by atoms with Gasteiger partial charge in [0.2, 0.25) is 5.91 Å². The zero-order valence-electron chi connectivity index (χ0n) is 20.7. The second kappa shape index (κ2) is 10.2. The van der Waals surface area contributed by atoms with Gasteiger partial charge in [0.25, 0.3) is 5.91 Å². The number of fused-ring (bicyclic) bond motifs is 1. The normalized spacial score (nSPS) is 31.4. The molecule has 0 aromatic heterocycles. The van der Waals surface area contributed by atoms with E-state index in [1.165, 1.54) is 12.0 Å². The topological polar surface area (TPSA) is 61.4 Å². The number of nitrogens with one attached hydrogen (secondary N) is 2. The van der Waals surface area contributed by atoms with E-state index in [1.807, 2.05) is 12.1 Å². The summed E-state index contributed by atoms with van der Waals surface area (Å²) in [6, 6.07) is 6.07. The van der Waals surface area contributed by atoms with Gasteiger partial charge in [-0.25, -0.2) is 0 Å². The smallest absolute Gasteiger partial charge is 0.329 e. The Morgan fingerprint density at radius 1 is 1.03 bits per heavy atom. The Balaban J connectivity index is 1.21.